The van der Waals surface area contributed by atoms with Gasteiger partial charge in [-0.25, -0.2) is 0 Å². The minimum absolute atomic E-state index is 0.0815. The van der Waals surface area contributed by atoms with E-state index in [9.17, 15) is 10.1 Å². The topological polar surface area (TPSA) is 77.3 Å². The number of unbranched alkanes of at least 4 members (excludes halogenated alkanes) is 1. The third kappa shape index (κ3) is 3.21. The van der Waals surface area contributed by atoms with Gasteiger partial charge in [0.1, 0.15) is 5.52 Å². The molecule has 1 aromatic heterocycles. The summed E-state index contributed by atoms with van der Waals surface area (Å²) in [7, 11) is 1.68. The Morgan fingerprint density at radius 1 is 1.35 bits per heavy atom. The molecule has 1 N–H and O–H groups in total. The number of hydrogen-bond donors (Lipinski definition) is 1. The van der Waals surface area contributed by atoms with Gasteiger partial charge in [0.15, 0.2) is 0 Å². The van der Waals surface area contributed by atoms with Gasteiger partial charge in [-0.1, -0.05) is 0 Å². The Morgan fingerprint density at radius 2 is 2.20 bits per heavy atom. The quantitative estimate of drug-likeness (QED) is 0.477. The smallest absolute Gasteiger partial charge is 0.278 e. The van der Waals surface area contributed by atoms with Crippen LogP contribution < -0.4 is 5.32 Å². The fourth-order valence-electron chi connectivity index (χ4n) is 2.05. The highest BCUT2D eigenvalue weighted by Crippen LogP contribution is 2.29. The second kappa shape index (κ2) is 6.81. The van der Waals surface area contributed by atoms with Gasteiger partial charge in [0, 0.05) is 32.5 Å². The van der Waals surface area contributed by atoms with E-state index in [1.165, 1.54) is 6.07 Å². The van der Waals surface area contributed by atoms with Crippen molar-refractivity contribution in [3.8, 4) is 0 Å². The van der Waals surface area contributed by atoms with E-state index in [2.05, 4.69) is 10.3 Å². The van der Waals surface area contributed by atoms with E-state index in [0.29, 0.717) is 10.9 Å². The average molecular weight is 275 g/mol. The summed E-state index contributed by atoms with van der Waals surface area (Å²) in [5.74, 6) is 0. The highest BCUT2D eigenvalue weighted by atomic mass is 16.6. The summed E-state index contributed by atoms with van der Waals surface area (Å²) in [5, 5.41) is 14.8. The molecule has 20 heavy (non-hydrogen) atoms. The zero-order valence-electron chi connectivity index (χ0n) is 11.3. The molecule has 0 bridgehead atoms. The number of nitrogens with one attached hydrogen (secondary N) is 1. The number of anilines is 1. The Hall–Kier alpha value is -2.21. The van der Waals surface area contributed by atoms with E-state index < -0.39 is 0 Å². The van der Waals surface area contributed by atoms with Crippen LogP contribution in [0.3, 0.4) is 0 Å². The summed E-state index contributed by atoms with van der Waals surface area (Å²) in [4.78, 5) is 14.9. The molecule has 0 saturated carbocycles. The highest BCUT2D eigenvalue weighted by Gasteiger charge is 2.14. The predicted molar refractivity (Wildman–Crippen MR) is 78.0 cm³/mol. The molecule has 1 aromatic carbocycles. The number of hydrogen-bond acceptors (Lipinski definition) is 5. The Morgan fingerprint density at radius 3 is 2.95 bits per heavy atom. The van der Waals surface area contributed by atoms with E-state index in [1.54, 1.807) is 31.5 Å². The monoisotopic (exact) mass is 275 g/mol. The molecule has 0 aliphatic carbocycles. The first kappa shape index (κ1) is 14.2. The van der Waals surface area contributed by atoms with Crippen molar-refractivity contribution in [3.05, 3.63) is 40.6 Å². The zero-order valence-corrected chi connectivity index (χ0v) is 11.3. The molecule has 2 aromatic rings. The lowest BCUT2D eigenvalue weighted by Gasteiger charge is -2.09. The molecule has 0 atom stereocenters. The van der Waals surface area contributed by atoms with Gasteiger partial charge in [-0.05, 0) is 31.0 Å². The fraction of sp³-hybridized carbons (Fsp3) is 0.357. The molecule has 0 saturated heterocycles. The van der Waals surface area contributed by atoms with Crippen LogP contribution in [-0.2, 0) is 4.74 Å². The summed E-state index contributed by atoms with van der Waals surface area (Å²) in [6.07, 6.45) is 3.59. The molecule has 2 rings (SSSR count). The first-order chi connectivity index (χ1) is 9.74. The SMILES string of the molecule is COCCCCNc1ccc([N+](=O)[O-])c2cccnc12. The number of non-ortho nitro benzene ring substituents is 1. The second-order valence-electron chi connectivity index (χ2n) is 4.42. The number of aromatic nitrogens is 1. The van der Waals surface area contributed by atoms with Crippen LogP contribution in [0.1, 0.15) is 12.8 Å². The maximum Gasteiger partial charge on any atom is 0.278 e. The molecule has 6 nitrogen and oxygen atoms in total. The number of nitro benzene ring substituents is 1. The third-order valence-corrected chi connectivity index (χ3v) is 3.03. The van der Waals surface area contributed by atoms with Gasteiger partial charge < -0.3 is 10.1 Å². The van der Waals surface area contributed by atoms with Gasteiger partial charge in [0.2, 0.25) is 0 Å². The van der Waals surface area contributed by atoms with Crippen molar-refractivity contribution in [2.45, 2.75) is 12.8 Å². The number of ether oxygens (including phenoxy) is 1. The number of nitro groups is 1. The van der Waals surface area contributed by atoms with E-state index >= 15 is 0 Å². The molecule has 1 heterocycles. The number of nitrogens with zero attached hydrogens (tertiary/aromatic N) is 2. The second-order valence-corrected chi connectivity index (χ2v) is 4.42. The lowest BCUT2D eigenvalue weighted by Crippen LogP contribution is -2.04. The predicted octanol–water partition coefficient (Wildman–Crippen LogP) is 2.98. The van der Waals surface area contributed by atoms with Crippen molar-refractivity contribution in [2.75, 3.05) is 25.6 Å². The van der Waals surface area contributed by atoms with Gasteiger partial charge >= 0.3 is 0 Å². The van der Waals surface area contributed by atoms with E-state index in [-0.39, 0.29) is 10.6 Å². The number of fused-ring (bicyclic) bond motifs is 1. The van der Waals surface area contributed by atoms with Crippen LogP contribution in [0.25, 0.3) is 10.9 Å². The minimum Gasteiger partial charge on any atom is -0.385 e. The van der Waals surface area contributed by atoms with Crippen LogP contribution in [-0.4, -0.2) is 30.2 Å². The van der Waals surface area contributed by atoms with Gasteiger partial charge in [-0.2, -0.15) is 0 Å². The Balaban J connectivity index is 2.18. The van der Waals surface area contributed by atoms with Crippen LogP contribution in [0.15, 0.2) is 30.5 Å². The number of methoxy groups -OCH3 is 1. The van der Waals surface area contributed by atoms with Crippen LogP contribution in [0.4, 0.5) is 11.4 Å². The summed E-state index contributed by atoms with van der Waals surface area (Å²) < 4.78 is 4.99. The van der Waals surface area contributed by atoms with Crippen molar-refractivity contribution in [3.63, 3.8) is 0 Å². The normalized spacial score (nSPS) is 10.7. The van der Waals surface area contributed by atoms with E-state index in [0.717, 1.165) is 31.7 Å². The molecule has 0 aliphatic heterocycles. The Bertz CT molecular complexity index is 601. The molecule has 106 valence electrons. The largest absolute Gasteiger partial charge is 0.385 e. The number of rotatable bonds is 7. The van der Waals surface area contributed by atoms with Crippen molar-refractivity contribution in [1.29, 1.82) is 0 Å². The van der Waals surface area contributed by atoms with Crippen LogP contribution in [0, 0.1) is 10.1 Å². The van der Waals surface area contributed by atoms with Gasteiger partial charge in [0.05, 0.1) is 16.0 Å². The standard InChI is InChI=1S/C14H17N3O3/c1-20-10-3-2-8-15-12-6-7-13(17(18)19)11-5-4-9-16-14(11)12/h4-7,9,15H,2-3,8,10H2,1H3. The summed E-state index contributed by atoms with van der Waals surface area (Å²) in [6.45, 7) is 1.52. The molecule has 0 unspecified atom stereocenters. The maximum absolute atomic E-state index is 11.0. The molecule has 0 fully saturated rings. The van der Waals surface area contributed by atoms with Gasteiger partial charge in [-0.3, -0.25) is 15.1 Å². The third-order valence-electron chi connectivity index (χ3n) is 3.03. The zero-order chi connectivity index (χ0) is 14.4. The average Bonchev–Trinajstić information content (AvgIpc) is 2.46. The van der Waals surface area contributed by atoms with Crippen LogP contribution in [0.2, 0.25) is 0 Å². The Kier molecular flexibility index (Phi) is 4.84. The molecular formula is C14H17N3O3. The molecule has 0 aliphatic rings. The number of benzene rings is 1. The fourth-order valence-corrected chi connectivity index (χ4v) is 2.05. The summed E-state index contributed by atoms with van der Waals surface area (Å²) in [5.41, 5.74) is 1.54. The minimum atomic E-state index is -0.383. The summed E-state index contributed by atoms with van der Waals surface area (Å²) in [6, 6.07) is 6.65. The maximum atomic E-state index is 11.0. The van der Waals surface area contributed by atoms with Gasteiger partial charge in [-0.15, -0.1) is 0 Å². The molecule has 6 heteroatoms. The first-order valence-corrected chi connectivity index (χ1v) is 6.49. The molecule has 0 spiro atoms. The first-order valence-electron chi connectivity index (χ1n) is 6.49. The van der Waals surface area contributed by atoms with Crippen molar-refractivity contribution < 1.29 is 9.66 Å². The summed E-state index contributed by atoms with van der Waals surface area (Å²) >= 11 is 0. The molecular weight excluding hydrogens is 258 g/mol. The van der Waals surface area contributed by atoms with Gasteiger partial charge in [0.25, 0.3) is 5.69 Å². The Labute approximate surface area is 116 Å². The van der Waals surface area contributed by atoms with Crippen molar-refractivity contribution in [2.24, 2.45) is 0 Å². The van der Waals surface area contributed by atoms with E-state index in [1.807, 2.05) is 0 Å². The molecule has 0 amide bonds. The van der Waals surface area contributed by atoms with E-state index in [4.69, 9.17) is 4.74 Å². The van der Waals surface area contributed by atoms with Crippen molar-refractivity contribution in [1.82, 2.24) is 4.98 Å². The van der Waals surface area contributed by atoms with Crippen molar-refractivity contribution >= 4 is 22.3 Å². The van der Waals surface area contributed by atoms with Crippen LogP contribution >= 0.6 is 0 Å². The molecule has 0 radical (unpaired) electrons. The van der Waals surface area contributed by atoms with Crippen LogP contribution in [0.5, 0.6) is 0 Å². The number of pyridine rings is 1. The lowest BCUT2D eigenvalue weighted by molar-refractivity contribution is -0.383. The highest BCUT2D eigenvalue weighted by molar-refractivity contribution is 5.96. The lowest BCUT2D eigenvalue weighted by atomic mass is 10.1.